The van der Waals surface area contributed by atoms with E-state index in [1.54, 1.807) is 19.1 Å². The number of imide groups is 1. The van der Waals surface area contributed by atoms with E-state index in [4.69, 9.17) is 0 Å². The molecule has 1 saturated carbocycles. The van der Waals surface area contributed by atoms with Crippen LogP contribution in [0.1, 0.15) is 39.0 Å². The lowest BCUT2D eigenvalue weighted by atomic mass is 9.96. The minimum atomic E-state index is -0.595. The highest BCUT2D eigenvalue weighted by Gasteiger charge is 2.19. The number of anilines is 1. The molecule has 1 unspecified atom stereocenters. The molecule has 5 nitrogen and oxygen atoms in total. The van der Waals surface area contributed by atoms with Crippen LogP contribution in [0.2, 0.25) is 0 Å². The van der Waals surface area contributed by atoms with E-state index in [0.29, 0.717) is 5.69 Å². The maximum absolute atomic E-state index is 12.8. The molecular weight excluding hydrogens is 285 g/mol. The Hall–Kier alpha value is -2.11. The van der Waals surface area contributed by atoms with Gasteiger partial charge < -0.3 is 10.6 Å². The summed E-state index contributed by atoms with van der Waals surface area (Å²) in [6.45, 7) is 1.65. The topological polar surface area (TPSA) is 70.2 Å². The number of amides is 3. The van der Waals surface area contributed by atoms with Gasteiger partial charge in [0.1, 0.15) is 11.9 Å². The Morgan fingerprint density at radius 2 is 1.77 bits per heavy atom. The summed E-state index contributed by atoms with van der Waals surface area (Å²) in [6, 6.07) is 4.81. The largest absolute Gasteiger partial charge is 0.374 e. The summed E-state index contributed by atoms with van der Waals surface area (Å²) >= 11 is 0. The molecule has 1 aliphatic carbocycles. The summed E-state index contributed by atoms with van der Waals surface area (Å²) in [4.78, 5) is 23.8. The molecule has 120 valence electrons. The van der Waals surface area contributed by atoms with Crippen molar-refractivity contribution in [3.8, 4) is 0 Å². The predicted octanol–water partition coefficient (Wildman–Crippen LogP) is 2.78. The van der Waals surface area contributed by atoms with Crippen LogP contribution in [0, 0.1) is 5.82 Å². The van der Waals surface area contributed by atoms with Crippen molar-refractivity contribution in [2.75, 3.05) is 5.32 Å². The summed E-state index contributed by atoms with van der Waals surface area (Å²) in [6.07, 6.45) is 5.36. The molecule has 1 aromatic rings. The molecule has 0 bridgehead atoms. The molecule has 0 aromatic heterocycles. The van der Waals surface area contributed by atoms with Crippen LogP contribution >= 0.6 is 0 Å². The van der Waals surface area contributed by atoms with Crippen LogP contribution in [0.15, 0.2) is 24.3 Å². The van der Waals surface area contributed by atoms with Crippen LogP contribution < -0.4 is 16.0 Å². The maximum atomic E-state index is 12.8. The highest BCUT2D eigenvalue weighted by Crippen LogP contribution is 2.17. The number of carbonyl (C=O) groups is 2. The van der Waals surface area contributed by atoms with Gasteiger partial charge in [-0.2, -0.15) is 0 Å². The Bertz CT molecular complexity index is 513. The third kappa shape index (κ3) is 5.02. The minimum Gasteiger partial charge on any atom is -0.374 e. The van der Waals surface area contributed by atoms with E-state index in [-0.39, 0.29) is 11.9 Å². The first-order valence-corrected chi connectivity index (χ1v) is 7.68. The molecule has 6 heteroatoms. The molecule has 0 spiro atoms. The van der Waals surface area contributed by atoms with Gasteiger partial charge in [0.25, 0.3) is 0 Å². The van der Waals surface area contributed by atoms with Crippen LogP contribution in [0.5, 0.6) is 0 Å². The second-order valence-corrected chi connectivity index (χ2v) is 5.67. The van der Waals surface area contributed by atoms with Crippen molar-refractivity contribution in [1.29, 1.82) is 0 Å². The van der Waals surface area contributed by atoms with E-state index in [1.165, 1.54) is 18.6 Å². The summed E-state index contributed by atoms with van der Waals surface area (Å²) in [5.74, 6) is -0.757. The number of urea groups is 1. The lowest BCUT2D eigenvalue weighted by Gasteiger charge is -2.23. The number of nitrogens with one attached hydrogen (secondary N) is 3. The molecule has 0 aliphatic heterocycles. The first kappa shape index (κ1) is 16.3. The van der Waals surface area contributed by atoms with Gasteiger partial charge in [0.15, 0.2) is 0 Å². The van der Waals surface area contributed by atoms with Crippen LogP contribution in [0.3, 0.4) is 0 Å². The van der Waals surface area contributed by atoms with Gasteiger partial charge in [0.2, 0.25) is 5.91 Å². The van der Waals surface area contributed by atoms with Gasteiger partial charge in [-0.25, -0.2) is 9.18 Å². The number of halogens is 1. The van der Waals surface area contributed by atoms with Crippen molar-refractivity contribution in [3.05, 3.63) is 30.1 Å². The molecule has 2 rings (SSSR count). The average Bonchev–Trinajstić information content (AvgIpc) is 2.50. The van der Waals surface area contributed by atoms with Gasteiger partial charge in [-0.3, -0.25) is 10.1 Å². The standard InChI is InChI=1S/C16H22FN3O2/c1-11(18-14-9-7-12(17)8-10-14)15(21)20-16(22)19-13-5-3-2-4-6-13/h7-11,13,18H,2-6H2,1H3,(H2,19,20,21,22). The van der Waals surface area contributed by atoms with Crippen molar-refractivity contribution in [1.82, 2.24) is 10.6 Å². The molecule has 0 saturated heterocycles. The zero-order chi connectivity index (χ0) is 15.9. The maximum Gasteiger partial charge on any atom is 0.321 e. The van der Waals surface area contributed by atoms with Gasteiger partial charge in [-0.05, 0) is 44.0 Å². The normalized spacial score (nSPS) is 16.6. The monoisotopic (exact) mass is 307 g/mol. The molecule has 1 aromatic carbocycles. The van der Waals surface area contributed by atoms with Crippen LogP contribution in [-0.4, -0.2) is 24.0 Å². The van der Waals surface area contributed by atoms with E-state index in [1.807, 2.05) is 0 Å². The zero-order valence-corrected chi connectivity index (χ0v) is 12.7. The molecule has 0 radical (unpaired) electrons. The molecule has 0 heterocycles. The van der Waals surface area contributed by atoms with Gasteiger partial charge >= 0.3 is 6.03 Å². The van der Waals surface area contributed by atoms with E-state index < -0.39 is 18.0 Å². The van der Waals surface area contributed by atoms with Crippen molar-refractivity contribution >= 4 is 17.6 Å². The number of carbonyl (C=O) groups excluding carboxylic acids is 2. The first-order chi connectivity index (χ1) is 10.5. The number of hydrogen-bond acceptors (Lipinski definition) is 3. The Kier molecular flexibility index (Phi) is 5.75. The van der Waals surface area contributed by atoms with Crippen molar-refractivity contribution < 1.29 is 14.0 Å². The van der Waals surface area contributed by atoms with Crippen molar-refractivity contribution in [2.24, 2.45) is 0 Å². The number of benzene rings is 1. The van der Waals surface area contributed by atoms with Crippen LogP contribution in [-0.2, 0) is 4.79 Å². The summed E-state index contributed by atoms with van der Waals surface area (Å²) in [5.41, 5.74) is 0.622. The SMILES string of the molecule is CC(Nc1ccc(F)cc1)C(=O)NC(=O)NC1CCCCC1. The fraction of sp³-hybridized carbons (Fsp3) is 0.500. The van der Waals surface area contributed by atoms with E-state index >= 15 is 0 Å². The smallest absolute Gasteiger partial charge is 0.321 e. The molecule has 3 N–H and O–H groups in total. The third-order valence-electron chi connectivity index (χ3n) is 3.80. The Labute approximate surface area is 129 Å². The second kappa shape index (κ2) is 7.77. The molecule has 1 fully saturated rings. The molecular formula is C16H22FN3O2. The Morgan fingerprint density at radius 3 is 2.41 bits per heavy atom. The molecule has 22 heavy (non-hydrogen) atoms. The highest BCUT2D eigenvalue weighted by atomic mass is 19.1. The summed E-state index contributed by atoms with van der Waals surface area (Å²) in [7, 11) is 0. The molecule has 1 aliphatic rings. The Morgan fingerprint density at radius 1 is 1.14 bits per heavy atom. The van der Waals surface area contributed by atoms with Crippen LogP contribution in [0.4, 0.5) is 14.9 Å². The molecule has 3 amide bonds. The predicted molar refractivity (Wildman–Crippen MR) is 83.0 cm³/mol. The van der Waals surface area contributed by atoms with Crippen molar-refractivity contribution in [3.63, 3.8) is 0 Å². The lowest BCUT2D eigenvalue weighted by Crippen LogP contribution is -2.49. The summed E-state index contributed by atoms with van der Waals surface area (Å²) in [5, 5.41) is 8.08. The quantitative estimate of drug-likeness (QED) is 0.801. The van der Waals surface area contributed by atoms with Gasteiger partial charge in [-0.15, -0.1) is 0 Å². The van der Waals surface area contributed by atoms with Crippen LogP contribution in [0.25, 0.3) is 0 Å². The minimum absolute atomic E-state index is 0.155. The Balaban J connectivity index is 1.77. The average molecular weight is 307 g/mol. The lowest BCUT2D eigenvalue weighted by molar-refractivity contribution is -0.120. The number of rotatable bonds is 4. The van der Waals surface area contributed by atoms with Gasteiger partial charge in [-0.1, -0.05) is 19.3 Å². The van der Waals surface area contributed by atoms with Gasteiger partial charge in [0.05, 0.1) is 0 Å². The first-order valence-electron chi connectivity index (χ1n) is 7.68. The fourth-order valence-electron chi connectivity index (χ4n) is 2.55. The second-order valence-electron chi connectivity index (χ2n) is 5.67. The van der Waals surface area contributed by atoms with E-state index in [9.17, 15) is 14.0 Å². The van der Waals surface area contributed by atoms with E-state index in [2.05, 4.69) is 16.0 Å². The molecule has 1 atom stereocenters. The van der Waals surface area contributed by atoms with Gasteiger partial charge in [0, 0.05) is 11.7 Å². The zero-order valence-electron chi connectivity index (χ0n) is 12.7. The fourth-order valence-corrected chi connectivity index (χ4v) is 2.55. The van der Waals surface area contributed by atoms with E-state index in [0.717, 1.165) is 25.7 Å². The highest BCUT2D eigenvalue weighted by molar-refractivity contribution is 5.98. The number of hydrogen-bond donors (Lipinski definition) is 3. The third-order valence-corrected chi connectivity index (χ3v) is 3.80. The summed E-state index contributed by atoms with van der Waals surface area (Å²) < 4.78 is 12.8. The van der Waals surface area contributed by atoms with Crippen molar-refractivity contribution in [2.45, 2.75) is 51.1 Å².